The molecule has 30 heavy (non-hydrogen) atoms. The van der Waals surface area contributed by atoms with E-state index in [9.17, 15) is 0 Å². The molecular formula is C29H52N+. The molecule has 0 aromatic rings. The molecule has 172 valence electrons. The van der Waals surface area contributed by atoms with E-state index in [0.29, 0.717) is 0 Å². The van der Waals surface area contributed by atoms with Gasteiger partial charge in [0.2, 0.25) is 0 Å². The van der Waals surface area contributed by atoms with E-state index in [1.807, 2.05) is 0 Å². The van der Waals surface area contributed by atoms with Crippen LogP contribution in [0.2, 0.25) is 0 Å². The van der Waals surface area contributed by atoms with Gasteiger partial charge in [0.05, 0.1) is 20.6 Å². The lowest BCUT2D eigenvalue weighted by molar-refractivity contribution is -0.858. The lowest BCUT2D eigenvalue weighted by Crippen LogP contribution is -3.05. The third kappa shape index (κ3) is 20.0. The van der Waals surface area contributed by atoms with E-state index in [1.54, 1.807) is 10.5 Å². The second-order valence-electron chi connectivity index (χ2n) is 9.74. The fraction of sp³-hybridized carbons (Fsp3) is 0.655. The van der Waals surface area contributed by atoms with E-state index in [0.717, 1.165) is 0 Å². The van der Waals surface area contributed by atoms with Crippen LogP contribution in [0.1, 0.15) is 106 Å². The smallest absolute Gasteiger partial charge is 0.0769 e. The van der Waals surface area contributed by atoms with Gasteiger partial charge in [-0.15, -0.1) is 0 Å². The molecule has 1 nitrogen and oxygen atoms in total. The van der Waals surface area contributed by atoms with Crippen LogP contribution in [0.3, 0.4) is 0 Å². The molecule has 0 rings (SSSR count). The maximum absolute atomic E-state index is 2.45. The molecule has 0 unspecified atom stereocenters. The van der Waals surface area contributed by atoms with Crippen molar-refractivity contribution in [2.24, 2.45) is 0 Å². The number of quaternary nitrogens is 1. The summed E-state index contributed by atoms with van der Waals surface area (Å²) >= 11 is 0. The maximum atomic E-state index is 2.45. The highest BCUT2D eigenvalue weighted by atomic mass is 15.0. The standard InChI is InChI=1S/C29H51N/c1-25(2)15-11-18-28(5)21-12-19-26(3)16-9-10-17-27(4)20-13-22-29(6)23-14-24-30(7)8/h15-17,21-22H,9-14,18-20,23-24H2,1-8H3/p+1/b26-16+,27-17+,28-21+,29-22+. The van der Waals surface area contributed by atoms with E-state index in [4.69, 9.17) is 0 Å². The first-order valence-electron chi connectivity index (χ1n) is 12.3. The highest BCUT2D eigenvalue weighted by Gasteiger charge is 1.96. The topological polar surface area (TPSA) is 4.44 Å². The molecule has 1 N–H and O–H groups in total. The van der Waals surface area contributed by atoms with Crippen molar-refractivity contribution in [2.45, 2.75) is 106 Å². The van der Waals surface area contributed by atoms with Gasteiger partial charge in [-0.05, 0) is 99.3 Å². The molecule has 0 aliphatic rings. The minimum absolute atomic E-state index is 1.17. The molecule has 0 heterocycles. The first kappa shape index (κ1) is 28.7. The third-order valence-electron chi connectivity index (χ3n) is 5.55. The van der Waals surface area contributed by atoms with Crippen LogP contribution in [0.25, 0.3) is 0 Å². The van der Waals surface area contributed by atoms with Gasteiger partial charge in [0.15, 0.2) is 0 Å². The maximum Gasteiger partial charge on any atom is 0.0769 e. The Hall–Kier alpha value is -1.34. The summed E-state index contributed by atoms with van der Waals surface area (Å²) in [6, 6.07) is 0. The Bertz CT molecular complexity index is 592. The van der Waals surface area contributed by atoms with E-state index >= 15 is 0 Å². The van der Waals surface area contributed by atoms with E-state index in [2.05, 4.69) is 86.0 Å². The van der Waals surface area contributed by atoms with Crippen molar-refractivity contribution < 1.29 is 4.90 Å². The molecular weight excluding hydrogens is 362 g/mol. The molecule has 0 amide bonds. The highest BCUT2D eigenvalue weighted by Crippen LogP contribution is 2.14. The fourth-order valence-corrected chi connectivity index (χ4v) is 3.47. The molecule has 0 aromatic heterocycles. The zero-order chi connectivity index (χ0) is 22.8. The van der Waals surface area contributed by atoms with E-state index in [-0.39, 0.29) is 0 Å². The van der Waals surface area contributed by atoms with Gasteiger partial charge in [-0.25, -0.2) is 0 Å². The Morgan fingerprint density at radius 1 is 0.500 bits per heavy atom. The molecule has 0 saturated heterocycles. The highest BCUT2D eigenvalue weighted by molar-refractivity contribution is 5.07. The number of rotatable bonds is 16. The molecule has 0 aliphatic heterocycles. The molecule has 0 aliphatic carbocycles. The number of hydrogen-bond acceptors (Lipinski definition) is 0. The Morgan fingerprint density at radius 2 is 0.867 bits per heavy atom. The summed E-state index contributed by atoms with van der Waals surface area (Å²) in [6.45, 7) is 14.8. The predicted octanol–water partition coefficient (Wildman–Crippen LogP) is 7.78. The van der Waals surface area contributed by atoms with Crippen molar-refractivity contribution in [3.05, 3.63) is 58.2 Å². The zero-order valence-corrected chi connectivity index (χ0v) is 21.7. The number of nitrogens with one attached hydrogen (secondary N) is 1. The summed E-state index contributed by atoms with van der Waals surface area (Å²) in [4.78, 5) is 1.55. The molecule has 0 fully saturated rings. The molecule has 0 saturated carbocycles. The summed E-state index contributed by atoms with van der Waals surface area (Å²) < 4.78 is 0. The van der Waals surface area contributed by atoms with Crippen molar-refractivity contribution in [1.29, 1.82) is 0 Å². The number of unbranched alkanes of at least 4 members (excludes halogenated alkanes) is 1. The lowest BCUT2D eigenvalue weighted by atomic mass is 10.0. The van der Waals surface area contributed by atoms with Crippen LogP contribution in [-0.4, -0.2) is 20.6 Å². The van der Waals surface area contributed by atoms with Crippen molar-refractivity contribution in [2.75, 3.05) is 20.6 Å². The van der Waals surface area contributed by atoms with Crippen molar-refractivity contribution >= 4 is 0 Å². The summed E-state index contributed by atoms with van der Waals surface area (Å²) in [5, 5.41) is 0. The van der Waals surface area contributed by atoms with Crippen LogP contribution in [0.15, 0.2) is 58.2 Å². The van der Waals surface area contributed by atoms with Crippen LogP contribution < -0.4 is 4.90 Å². The summed E-state index contributed by atoms with van der Waals surface area (Å²) in [7, 11) is 4.46. The van der Waals surface area contributed by atoms with Gasteiger partial charge >= 0.3 is 0 Å². The van der Waals surface area contributed by atoms with Gasteiger partial charge in [-0.3, -0.25) is 0 Å². The van der Waals surface area contributed by atoms with Gasteiger partial charge < -0.3 is 4.90 Å². The van der Waals surface area contributed by atoms with Gasteiger partial charge in [-0.2, -0.15) is 0 Å². The average molecular weight is 415 g/mol. The Morgan fingerprint density at radius 3 is 1.27 bits per heavy atom. The molecule has 0 spiro atoms. The van der Waals surface area contributed by atoms with Crippen LogP contribution >= 0.6 is 0 Å². The van der Waals surface area contributed by atoms with Gasteiger partial charge in [0.1, 0.15) is 0 Å². The van der Waals surface area contributed by atoms with Crippen molar-refractivity contribution in [3.8, 4) is 0 Å². The van der Waals surface area contributed by atoms with Crippen LogP contribution in [0.5, 0.6) is 0 Å². The number of hydrogen-bond donors (Lipinski definition) is 1. The zero-order valence-electron chi connectivity index (χ0n) is 21.7. The Labute approximate surface area is 189 Å². The molecule has 0 bridgehead atoms. The van der Waals surface area contributed by atoms with E-state index < -0.39 is 0 Å². The fourth-order valence-electron chi connectivity index (χ4n) is 3.47. The predicted molar refractivity (Wildman–Crippen MR) is 138 cm³/mol. The summed E-state index contributed by atoms with van der Waals surface area (Å²) in [6.07, 6.45) is 24.1. The summed E-state index contributed by atoms with van der Waals surface area (Å²) in [5.41, 5.74) is 7.59. The summed E-state index contributed by atoms with van der Waals surface area (Å²) in [5.74, 6) is 0. The first-order valence-corrected chi connectivity index (χ1v) is 12.3. The van der Waals surface area contributed by atoms with Crippen LogP contribution in [-0.2, 0) is 0 Å². The van der Waals surface area contributed by atoms with Crippen molar-refractivity contribution in [1.82, 2.24) is 0 Å². The number of allylic oxidation sites excluding steroid dienone is 10. The lowest BCUT2D eigenvalue weighted by Gasteiger charge is -2.07. The Kier molecular flexibility index (Phi) is 17.6. The molecule has 0 radical (unpaired) electrons. The molecule has 1 heteroatoms. The minimum Gasteiger partial charge on any atom is -0.340 e. The van der Waals surface area contributed by atoms with E-state index in [1.165, 1.54) is 93.0 Å². The second kappa shape index (κ2) is 18.4. The Balaban J connectivity index is 4.01. The normalized spacial score (nSPS) is 13.9. The van der Waals surface area contributed by atoms with Crippen molar-refractivity contribution in [3.63, 3.8) is 0 Å². The molecule has 0 aromatic carbocycles. The molecule has 0 atom stereocenters. The monoisotopic (exact) mass is 414 g/mol. The SMILES string of the molecule is CC(C)=CCC/C(C)=C/CC/C(C)=C/CC/C=C(\C)CC/C=C(\C)CCC[NH+](C)C. The second-order valence-corrected chi connectivity index (χ2v) is 9.74. The third-order valence-corrected chi connectivity index (χ3v) is 5.55. The quantitative estimate of drug-likeness (QED) is 0.194. The largest absolute Gasteiger partial charge is 0.340 e. The van der Waals surface area contributed by atoms with Gasteiger partial charge in [0.25, 0.3) is 0 Å². The minimum atomic E-state index is 1.17. The van der Waals surface area contributed by atoms with Gasteiger partial charge in [-0.1, -0.05) is 58.2 Å². The van der Waals surface area contributed by atoms with Gasteiger partial charge in [0, 0.05) is 6.42 Å². The first-order chi connectivity index (χ1) is 14.2. The van der Waals surface area contributed by atoms with Crippen LogP contribution in [0, 0.1) is 0 Å². The van der Waals surface area contributed by atoms with Crippen LogP contribution in [0.4, 0.5) is 0 Å². The average Bonchev–Trinajstić information content (AvgIpc) is 2.64.